The quantitative estimate of drug-likeness (QED) is 0.0268. The molecule has 0 radical (unpaired) electrons. The average Bonchev–Trinajstić information content (AvgIpc) is 0.785. The fourth-order valence-electron chi connectivity index (χ4n) is 16.9. The van der Waals surface area contributed by atoms with Gasteiger partial charge in [-0.15, -0.1) is 0 Å². The maximum atomic E-state index is 7.40. The van der Waals surface area contributed by atoms with E-state index in [1.54, 1.807) is 0 Å². The van der Waals surface area contributed by atoms with Gasteiger partial charge >= 0.3 is 0 Å². The van der Waals surface area contributed by atoms with E-state index in [2.05, 4.69) is 340 Å². The Morgan fingerprint density at radius 3 is 0.364 bits per heavy atom. The van der Waals surface area contributed by atoms with Crippen LogP contribution < -0.4 is 56.8 Å². The van der Waals surface area contributed by atoms with Crippen LogP contribution in [0, 0.1) is 6.92 Å². The molecule has 0 N–H and O–H groups in total. The molecule has 0 amide bonds. The predicted molar refractivity (Wildman–Crippen MR) is 583 cm³/mol. The van der Waals surface area contributed by atoms with Crippen molar-refractivity contribution in [3.63, 3.8) is 0 Å². The van der Waals surface area contributed by atoms with E-state index >= 15 is 0 Å². The number of benzene rings is 6. The third-order valence-electron chi connectivity index (χ3n) is 24.6. The first-order valence-corrected chi connectivity index (χ1v) is 52.8. The van der Waals surface area contributed by atoms with Crippen LogP contribution in [-0.2, 0) is 38.5 Å². The molecule has 24 nitrogen and oxygen atoms in total. The molecule has 0 spiro atoms. The number of rotatable bonds is 71. The van der Waals surface area contributed by atoms with Crippen molar-refractivity contribution in [1.82, 2.24) is 0 Å². The van der Waals surface area contributed by atoms with Crippen molar-refractivity contribution >= 4 is 0 Å². The van der Waals surface area contributed by atoms with Gasteiger partial charge in [0.05, 0.1) is 412 Å². The Bertz CT molecular complexity index is 4680. The second-order valence-corrected chi connectivity index (χ2v) is 52.4. The van der Waals surface area contributed by atoms with Crippen molar-refractivity contribution in [2.75, 3.05) is 412 Å². The van der Waals surface area contributed by atoms with Gasteiger partial charge in [-0.05, 0) is 97.3 Å². The second kappa shape index (κ2) is 54.6. The van der Waals surface area contributed by atoms with Crippen molar-refractivity contribution in [2.24, 2.45) is 0 Å². The van der Waals surface area contributed by atoms with Gasteiger partial charge in [0.2, 0.25) is 0 Å². The first-order chi connectivity index (χ1) is 64.7. The maximum absolute atomic E-state index is 7.40. The van der Waals surface area contributed by atoms with Gasteiger partial charge in [-0.25, -0.2) is 0 Å². The minimum absolute atomic E-state index is 0.453. The molecule has 6 aromatic rings. The topological polar surface area (TPSA) is 111 Å². The van der Waals surface area contributed by atoms with E-state index in [0.29, 0.717) is 111 Å². The number of quaternary nitrogens is 12. The van der Waals surface area contributed by atoms with Crippen LogP contribution in [0.3, 0.4) is 0 Å². The fourth-order valence-corrected chi connectivity index (χ4v) is 16.9. The number of hydrogen-bond donors (Lipinski definition) is 0. The highest BCUT2D eigenvalue weighted by Gasteiger charge is 2.29. The van der Waals surface area contributed by atoms with Crippen LogP contribution in [0.15, 0.2) is 72.8 Å². The standard InChI is InChI=1S/C116H210N12O12/c1-39-94-82-108(132-67-43-55-120(12,13)14)96(84-107(94)131-66-42-54-119(9,10)11)78-98-86-112(136-71-47-59-124(24,25)26)100(88-111(98)135-70-46-58-123(21,22)23)80-102-90-116(140-75-51-63-128(36,37)38)104(92-115(102)139-74-50-62-127(33,34)35)81-103-91-113(137-72-48-60-125(27,28)29)101(89-114(103)138-73-49-61-126(30,31)32)79-99-87-109(133-68-44-56-121(15,16)17)97(85-110(99)134-69-45-57-122(18,19)20)77-95-83-105(129-64-40-52-117(3,4)5)93(2)76-106(95)130-65-41-53-118(6,7)8/h76,82-92H,39-75,77-81H2,1-38H3/q+12. The zero-order chi connectivity index (χ0) is 105. The molecular formula is C116H210N12O12+12. The van der Waals surface area contributed by atoms with E-state index in [1.807, 2.05) is 0 Å². The Kier molecular flexibility index (Phi) is 47.2. The van der Waals surface area contributed by atoms with Crippen LogP contribution in [-0.4, -0.2) is 465 Å². The molecule has 0 saturated heterocycles. The van der Waals surface area contributed by atoms with Crippen LogP contribution in [0.5, 0.6) is 69.0 Å². The van der Waals surface area contributed by atoms with Crippen molar-refractivity contribution in [3.8, 4) is 69.0 Å². The van der Waals surface area contributed by atoms with Gasteiger partial charge in [0.25, 0.3) is 0 Å². The summed E-state index contributed by atoms with van der Waals surface area (Å²) in [4.78, 5) is 0. The Balaban J connectivity index is 1.71. The summed E-state index contributed by atoms with van der Waals surface area (Å²) in [5.41, 5.74) is 12.3. The highest BCUT2D eigenvalue weighted by atomic mass is 16.5. The minimum atomic E-state index is 0.453. The smallest absolute Gasteiger partial charge is 0.123 e. The molecule has 0 aliphatic carbocycles. The molecule has 6 rings (SSSR count). The highest BCUT2D eigenvalue weighted by Crippen LogP contribution is 2.44. The van der Waals surface area contributed by atoms with Gasteiger partial charge in [0.15, 0.2) is 0 Å². The molecule has 0 aliphatic heterocycles. The van der Waals surface area contributed by atoms with Crippen LogP contribution in [0.1, 0.15) is 151 Å². The maximum Gasteiger partial charge on any atom is 0.123 e. The van der Waals surface area contributed by atoms with E-state index in [-0.39, 0.29) is 0 Å². The van der Waals surface area contributed by atoms with Gasteiger partial charge in [-0.2, -0.15) is 0 Å². The van der Waals surface area contributed by atoms with Crippen LogP contribution >= 0.6 is 0 Å². The van der Waals surface area contributed by atoms with E-state index in [9.17, 15) is 0 Å². The molecule has 794 valence electrons. The van der Waals surface area contributed by atoms with Gasteiger partial charge in [-0.1, -0.05) is 6.92 Å². The highest BCUT2D eigenvalue weighted by molar-refractivity contribution is 5.60. The Morgan fingerprint density at radius 1 is 0.143 bits per heavy atom. The number of nitrogens with zero attached hydrogens (tertiary/aromatic N) is 12. The molecule has 0 unspecified atom stereocenters. The van der Waals surface area contributed by atoms with Gasteiger partial charge in [-0.3, -0.25) is 0 Å². The van der Waals surface area contributed by atoms with Gasteiger partial charge in [0, 0.05) is 165 Å². The van der Waals surface area contributed by atoms with Crippen molar-refractivity contribution in [2.45, 2.75) is 129 Å². The second-order valence-electron chi connectivity index (χ2n) is 52.4. The molecule has 0 bridgehead atoms. The number of aryl methyl sites for hydroxylation is 2. The van der Waals surface area contributed by atoms with Gasteiger partial charge in [0.1, 0.15) is 69.0 Å². The fraction of sp³-hybridized carbons (Fsp3) is 0.690. The molecule has 0 fully saturated rings. The van der Waals surface area contributed by atoms with E-state index in [0.717, 1.165) is 352 Å². The van der Waals surface area contributed by atoms with Crippen molar-refractivity contribution in [1.29, 1.82) is 0 Å². The normalized spacial score (nSPS) is 13.0. The minimum Gasteiger partial charge on any atom is -0.493 e. The lowest BCUT2D eigenvalue weighted by Crippen LogP contribution is -2.36. The van der Waals surface area contributed by atoms with Crippen LogP contribution in [0.25, 0.3) is 0 Å². The summed E-state index contributed by atoms with van der Waals surface area (Å²) in [7, 11) is 81.1. The Morgan fingerprint density at radius 2 is 0.243 bits per heavy atom. The lowest BCUT2D eigenvalue weighted by Gasteiger charge is -2.26. The largest absolute Gasteiger partial charge is 0.493 e. The first-order valence-electron chi connectivity index (χ1n) is 52.8. The summed E-state index contributed by atoms with van der Waals surface area (Å²) in [6, 6.07) is 27.2. The monoisotopic (exact) mass is 1960 g/mol. The summed E-state index contributed by atoms with van der Waals surface area (Å²) in [6.07, 6.45) is 13.8. The predicted octanol–water partition coefficient (Wildman–Crippen LogP) is 16.2. The van der Waals surface area contributed by atoms with Crippen molar-refractivity contribution in [3.05, 3.63) is 140 Å². The summed E-state index contributed by atoms with van der Waals surface area (Å²) in [5, 5.41) is 0. The first kappa shape index (κ1) is 121. The molecule has 6 aromatic carbocycles. The molecule has 0 aromatic heterocycles. The third kappa shape index (κ3) is 51.3. The lowest BCUT2D eigenvalue weighted by atomic mass is 9.93. The Labute approximate surface area is 855 Å². The summed E-state index contributed by atoms with van der Waals surface area (Å²) in [5.74, 6) is 10.0. The SMILES string of the molecule is CCc1cc(OCCC[N+](C)(C)C)c(Cc2cc(OCCC[N+](C)(C)C)c(Cc3cc(OCCC[N+](C)(C)C)c(Cc4cc(OCCC[N+](C)(C)C)c(Cc5cc(OCCC[N+](C)(C)C)c(Cc6cc(OCCC[N+](C)(C)C)c(C)cc6OCCC[N+](C)(C)C)cc5OCCC[N+](C)(C)C)cc4OCCC[N+](C)(C)C)cc3OCCC[N+](C)(C)C)cc2OCCC[N+](C)(C)C)cc1OCCC[N+](C)(C)C. The third-order valence-corrected chi connectivity index (χ3v) is 24.6. The molecule has 140 heavy (non-hydrogen) atoms. The van der Waals surface area contributed by atoms with Gasteiger partial charge < -0.3 is 111 Å². The van der Waals surface area contributed by atoms with E-state index in [4.69, 9.17) is 56.8 Å². The zero-order valence-corrected chi connectivity index (χ0v) is 96.9. The van der Waals surface area contributed by atoms with E-state index in [1.165, 1.54) is 0 Å². The molecule has 0 atom stereocenters. The molecular weight excluding hydrogens is 1750 g/mol. The molecule has 0 saturated carbocycles. The average molecular weight is 1970 g/mol. The molecule has 0 heterocycles. The number of hydrogen-bond acceptors (Lipinski definition) is 12. The molecule has 0 aliphatic rings. The summed E-state index contributed by atoms with van der Waals surface area (Å²) in [6.45, 7) is 22.4. The van der Waals surface area contributed by atoms with E-state index < -0.39 is 0 Å². The molecule has 24 heteroatoms. The Hall–Kier alpha value is -7.56. The summed E-state index contributed by atoms with van der Waals surface area (Å²) < 4.78 is 96.2. The lowest BCUT2D eigenvalue weighted by molar-refractivity contribution is -0.870. The van der Waals surface area contributed by atoms with Crippen molar-refractivity contribution < 1.29 is 111 Å². The summed E-state index contributed by atoms with van der Waals surface area (Å²) >= 11 is 0. The van der Waals surface area contributed by atoms with Crippen LogP contribution in [0.4, 0.5) is 0 Å². The zero-order valence-electron chi connectivity index (χ0n) is 96.9. The number of ether oxygens (including phenoxy) is 12. The van der Waals surface area contributed by atoms with Crippen LogP contribution in [0.2, 0.25) is 0 Å².